The van der Waals surface area contributed by atoms with Gasteiger partial charge in [-0.15, -0.1) is 11.3 Å². The van der Waals surface area contributed by atoms with Crippen molar-refractivity contribution in [3.63, 3.8) is 0 Å². The van der Waals surface area contributed by atoms with E-state index in [0.717, 1.165) is 23.2 Å². The molecule has 0 atom stereocenters. The third-order valence-corrected chi connectivity index (χ3v) is 4.47. The number of aromatic nitrogens is 1. The standard InChI is InChI=1S/C17H18N2O2S/c20-10-8-18-17(21)15-12-16-14(7-11-22-16)19(15)9-6-13-4-2-1-3-5-13/h1-5,7,11-12,20H,6,8-10H2,(H,18,21). The van der Waals surface area contributed by atoms with Crippen molar-refractivity contribution in [1.29, 1.82) is 0 Å². The summed E-state index contributed by atoms with van der Waals surface area (Å²) >= 11 is 1.64. The Balaban J connectivity index is 1.85. The third kappa shape index (κ3) is 3.05. The van der Waals surface area contributed by atoms with Crippen LogP contribution >= 0.6 is 11.3 Å². The molecule has 0 aliphatic rings. The molecule has 0 spiro atoms. The maximum Gasteiger partial charge on any atom is 0.268 e. The Hall–Kier alpha value is -2.11. The number of hydrogen-bond acceptors (Lipinski definition) is 3. The van der Waals surface area contributed by atoms with Crippen molar-refractivity contribution < 1.29 is 9.90 Å². The average Bonchev–Trinajstić information content (AvgIpc) is 3.13. The number of benzene rings is 1. The van der Waals surface area contributed by atoms with Crippen LogP contribution in [0.4, 0.5) is 0 Å². The van der Waals surface area contributed by atoms with E-state index in [1.165, 1.54) is 5.56 Å². The van der Waals surface area contributed by atoms with Crippen molar-refractivity contribution in [2.45, 2.75) is 13.0 Å². The van der Waals surface area contributed by atoms with Gasteiger partial charge in [-0.2, -0.15) is 0 Å². The molecule has 0 unspecified atom stereocenters. The molecule has 3 aromatic rings. The number of aryl methyl sites for hydroxylation is 2. The van der Waals surface area contributed by atoms with Gasteiger partial charge >= 0.3 is 0 Å². The predicted octanol–water partition coefficient (Wildman–Crippen LogP) is 2.67. The van der Waals surface area contributed by atoms with Gasteiger partial charge in [-0.05, 0) is 29.5 Å². The molecular weight excluding hydrogens is 296 g/mol. The summed E-state index contributed by atoms with van der Waals surface area (Å²) in [7, 11) is 0. The molecule has 0 bridgehead atoms. The van der Waals surface area contributed by atoms with Crippen LogP contribution < -0.4 is 5.32 Å². The zero-order valence-electron chi connectivity index (χ0n) is 12.2. The second-order valence-corrected chi connectivity index (χ2v) is 6.01. The van der Waals surface area contributed by atoms with E-state index in [2.05, 4.69) is 22.0 Å². The largest absolute Gasteiger partial charge is 0.395 e. The molecule has 0 saturated carbocycles. The Morgan fingerprint density at radius 2 is 2.05 bits per heavy atom. The van der Waals surface area contributed by atoms with E-state index < -0.39 is 0 Å². The minimum absolute atomic E-state index is 0.0508. The van der Waals surface area contributed by atoms with Crippen molar-refractivity contribution in [1.82, 2.24) is 9.88 Å². The SMILES string of the molecule is O=C(NCCO)c1cc2sccc2n1CCc1ccccc1. The fraction of sp³-hybridized carbons (Fsp3) is 0.235. The first-order chi connectivity index (χ1) is 10.8. The second-order valence-electron chi connectivity index (χ2n) is 5.07. The second kappa shape index (κ2) is 6.77. The Labute approximate surface area is 133 Å². The lowest BCUT2D eigenvalue weighted by Crippen LogP contribution is -2.28. The molecule has 0 radical (unpaired) electrons. The lowest BCUT2D eigenvalue weighted by molar-refractivity contribution is 0.0936. The van der Waals surface area contributed by atoms with Gasteiger partial charge in [0.1, 0.15) is 5.69 Å². The molecule has 22 heavy (non-hydrogen) atoms. The quantitative estimate of drug-likeness (QED) is 0.735. The van der Waals surface area contributed by atoms with Gasteiger partial charge in [-0.25, -0.2) is 0 Å². The van der Waals surface area contributed by atoms with Crippen molar-refractivity contribution in [2.75, 3.05) is 13.2 Å². The number of rotatable bonds is 6. The fourth-order valence-electron chi connectivity index (χ4n) is 2.55. The van der Waals surface area contributed by atoms with Crippen LogP contribution in [0.1, 0.15) is 16.1 Å². The summed E-state index contributed by atoms with van der Waals surface area (Å²) in [6, 6.07) is 14.2. The number of nitrogens with zero attached hydrogens (tertiary/aromatic N) is 1. The summed E-state index contributed by atoms with van der Waals surface area (Å²) in [5.41, 5.74) is 3.00. The lowest BCUT2D eigenvalue weighted by Gasteiger charge is -2.10. The Bertz CT molecular complexity index is 761. The Kier molecular flexibility index (Phi) is 4.56. The van der Waals surface area contributed by atoms with Crippen molar-refractivity contribution in [3.05, 3.63) is 59.1 Å². The van der Waals surface area contributed by atoms with E-state index in [1.54, 1.807) is 11.3 Å². The number of aliphatic hydroxyl groups excluding tert-OH is 1. The smallest absolute Gasteiger partial charge is 0.268 e. The van der Waals surface area contributed by atoms with Gasteiger partial charge in [-0.1, -0.05) is 30.3 Å². The fourth-order valence-corrected chi connectivity index (χ4v) is 3.37. The summed E-state index contributed by atoms with van der Waals surface area (Å²) in [4.78, 5) is 12.3. The van der Waals surface area contributed by atoms with E-state index in [9.17, 15) is 4.79 Å². The van der Waals surface area contributed by atoms with Gasteiger partial charge in [0.2, 0.25) is 0 Å². The number of fused-ring (bicyclic) bond motifs is 1. The molecular formula is C17H18N2O2S. The van der Waals surface area contributed by atoms with Gasteiger partial charge in [0.05, 0.1) is 16.8 Å². The van der Waals surface area contributed by atoms with Crippen LogP contribution in [-0.4, -0.2) is 28.7 Å². The molecule has 0 aliphatic carbocycles. The Morgan fingerprint density at radius 1 is 1.23 bits per heavy atom. The summed E-state index contributed by atoms with van der Waals surface area (Å²) in [5, 5.41) is 13.6. The van der Waals surface area contributed by atoms with Crippen LogP contribution in [0.5, 0.6) is 0 Å². The highest BCUT2D eigenvalue weighted by atomic mass is 32.1. The first-order valence-corrected chi connectivity index (χ1v) is 8.17. The van der Waals surface area contributed by atoms with Crippen LogP contribution in [0, 0.1) is 0 Å². The lowest BCUT2D eigenvalue weighted by atomic mass is 10.1. The number of thiophene rings is 1. The number of amides is 1. The molecule has 5 heteroatoms. The third-order valence-electron chi connectivity index (χ3n) is 3.62. The van der Waals surface area contributed by atoms with Crippen LogP contribution in [0.25, 0.3) is 10.2 Å². The molecule has 0 aliphatic heterocycles. The normalized spacial score (nSPS) is 11.0. The number of nitrogens with one attached hydrogen (secondary N) is 1. The van der Waals surface area contributed by atoms with Gasteiger partial charge < -0.3 is 15.0 Å². The summed E-state index contributed by atoms with van der Waals surface area (Å²) < 4.78 is 3.17. The molecule has 1 aromatic carbocycles. The highest BCUT2D eigenvalue weighted by molar-refractivity contribution is 7.17. The molecule has 0 saturated heterocycles. The number of aliphatic hydroxyl groups is 1. The van der Waals surface area contributed by atoms with E-state index in [0.29, 0.717) is 5.69 Å². The van der Waals surface area contributed by atoms with Gasteiger partial charge in [0.15, 0.2) is 0 Å². The molecule has 3 rings (SSSR count). The molecule has 1 amide bonds. The first-order valence-electron chi connectivity index (χ1n) is 7.29. The predicted molar refractivity (Wildman–Crippen MR) is 89.4 cm³/mol. The summed E-state index contributed by atoms with van der Waals surface area (Å²) in [6.45, 7) is 0.979. The van der Waals surface area contributed by atoms with Gasteiger partial charge in [0.25, 0.3) is 5.91 Å². The van der Waals surface area contributed by atoms with Gasteiger partial charge in [0, 0.05) is 13.1 Å². The molecule has 0 fully saturated rings. The minimum Gasteiger partial charge on any atom is -0.395 e. The van der Waals surface area contributed by atoms with Crippen LogP contribution in [0.3, 0.4) is 0 Å². The van der Waals surface area contributed by atoms with E-state index in [4.69, 9.17) is 5.11 Å². The zero-order valence-corrected chi connectivity index (χ0v) is 13.0. The van der Waals surface area contributed by atoms with Crippen molar-refractivity contribution >= 4 is 27.5 Å². The maximum atomic E-state index is 12.3. The van der Waals surface area contributed by atoms with Gasteiger partial charge in [-0.3, -0.25) is 4.79 Å². The van der Waals surface area contributed by atoms with Crippen molar-refractivity contribution in [3.8, 4) is 0 Å². The number of carbonyl (C=O) groups excluding carboxylic acids is 1. The average molecular weight is 314 g/mol. The zero-order chi connectivity index (χ0) is 15.4. The molecule has 114 valence electrons. The molecule has 4 nitrogen and oxygen atoms in total. The maximum absolute atomic E-state index is 12.3. The first kappa shape index (κ1) is 14.8. The Morgan fingerprint density at radius 3 is 2.82 bits per heavy atom. The monoisotopic (exact) mass is 314 g/mol. The van der Waals surface area contributed by atoms with E-state index in [1.807, 2.05) is 35.7 Å². The van der Waals surface area contributed by atoms with E-state index >= 15 is 0 Å². The molecule has 2 N–H and O–H groups in total. The topological polar surface area (TPSA) is 54.3 Å². The molecule has 2 heterocycles. The number of carbonyl (C=O) groups is 1. The van der Waals surface area contributed by atoms with Crippen molar-refractivity contribution in [2.24, 2.45) is 0 Å². The highest BCUT2D eigenvalue weighted by Crippen LogP contribution is 2.25. The molecule has 2 aromatic heterocycles. The number of hydrogen-bond donors (Lipinski definition) is 2. The summed E-state index contributed by atoms with van der Waals surface area (Å²) in [6.07, 6.45) is 0.876. The minimum atomic E-state index is -0.134. The van der Waals surface area contributed by atoms with E-state index in [-0.39, 0.29) is 19.1 Å². The summed E-state index contributed by atoms with van der Waals surface area (Å²) in [5.74, 6) is -0.134. The van der Waals surface area contributed by atoms with Crippen LogP contribution in [-0.2, 0) is 13.0 Å². The highest BCUT2D eigenvalue weighted by Gasteiger charge is 2.15. The van der Waals surface area contributed by atoms with Crippen LogP contribution in [0.15, 0.2) is 47.8 Å². The van der Waals surface area contributed by atoms with Crippen LogP contribution in [0.2, 0.25) is 0 Å².